The summed E-state index contributed by atoms with van der Waals surface area (Å²) in [6, 6.07) is 5.11. The van der Waals surface area contributed by atoms with Gasteiger partial charge in [-0.2, -0.15) is 13.2 Å². The molecule has 0 saturated heterocycles. The number of hydrogen-bond acceptors (Lipinski definition) is 3. The zero-order valence-electron chi connectivity index (χ0n) is 14.4. The SMILES string of the molecule is Cc1nnc2n1CC(CNC(N)=NCc1cccc(C(F)(F)F)c1)CC2. The van der Waals surface area contributed by atoms with Crippen molar-refractivity contribution >= 4 is 5.96 Å². The number of benzene rings is 1. The lowest BCUT2D eigenvalue weighted by Crippen LogP contribution is -2.38. The molecule has 2 aromatic rings. The van der Waals surface area contributed by atoms with E-state index in [4.69, 9.17) is 5.73 Å². The number of nitrogens with zero attached hydrogens (tertiary/aromatic N) is 4. The van der Waals surface area contributed by atoms with Crippen LogP contribution >= 0.6 is 0 Å². The maximum atomic E-state index is 12.7. The molecule has 26 heavy (non-hydrogen) atoms. The molecule has 0 aliphatic carbocycles. The van der Waals surface area contributed by atoms with Crippen molar-refractivity contribution in [2.45, 2.75) is 39.0 Å². The van der Waals surface area contributed by atoms with Crippen LogP contribution in [0.2, 0.25) is 0 Å². The predicted molar refractivity (Wildman–Crippen MR) is 91.3 cm³/mol. The van der Waals surface area contributed by atoms with Crippen LogP contribution in [0.1, 0.15) is 29.2 Å². The van der Waals surface area contributed by atoms with Crippen molar-refractivity contribution in [1.82, 2.24) is 20.1 Å². The van der Waals surface area contributed by atoms with E-state index in [2.05, 4.69) is 25.1 Å². The molecule has 1 aliphatic heterocycles. The highest BCUT2D eigenvalue weighted by molar-refractivity contribution is 5.77. The van der Waals surface area contributed by atoms with Crippen molar-refractivity contribution in [3.8, 4) is 0 Å². The van der Waals surface area contributed by atoms with Gasteiger partial charge in [-0.05, 0) is 37.0 Å². The third-order valence-corrected chi connectivity index (χ3v) is 4.49. The van der Waals surface area contributed by atoms with Gasteiger partial charge in [0.2, 0.25) is 0 Å². The van der Waals surface area contributed by atoms with E-state index in [9.17, 15) is 13.2 Å². The lowest BCUT2D eigenvalue weighted by molar-refractivity contribution is -0.137. The maximum Gasteiger partial charge on any atom is 0.416 e. The molecule has 9 heteroatoms. The second-order valence-corrected chi connectivity index (χ2v) is 6.46. The zero-order valence-corrected chi connectivity index (χ0v) is 14.4. The van der Waals surface area contributed by atoms with Gasteiger partial charge in [0, 0.05) is 19.5 Å². The van der Waals surface area contributed by atoms with Gasteiger partial charge in [0.05, 0.1) is 12.1 Å². The number of aliphatic imine (C=N–C) groups is 1. The molecular formula is C17H21F3N6. The van der Waals surface area contributed by atoms with Gasteiger partial charge in [-0.25, -0.2) is 4.99 Å². The van der Waals surface area contributed by atoms with Gasteiger partial charge in [-0.1, -0.05) is 12.1 Å². The summed E-state index contributed by atoms with van der Waals surface area (Å²) in [5.41, 5.74) is 5.64. The molecule has 0 fully saturated rings. The van der Waals surface area contributed by atoms with Crippen LogP contribution in [0.25, 0.3) is 0 Å². The predicted octanol–water partition coefficient (Wildman–Crippen LogP) is 2.27. The molecule has 0 spiro atoms. The number of nitrogens with one attached hydrogen (secondary N) is 1. The fourth-order valence-corrected chi connectivity index (χ4v) is 3.02. The molecule has 3 rings (SSSR count). The average Bonchev–Trinajstić information content (AvgIpc) is 2.98. The van der Waals surface area contributed by atoms with E-state index < -0.39 is 11.7 Å². The molecule has 0 radical (unpaired) electrons. The molecule has 3 N–H and O–H groups in total. The number of alkyl halides is 3. The molecule has 6 nitrogen and oxygen atoms in total. The molecule has 1 atom stereocenters. The van der Waals surface area contributed by atoms with Gasteiger partial charge >= 0.3 is 6.18 Å². The lowest BCUT2D eigenvalue weighted by Gasteiger charge is -2.24. The van der Waals surface area contributed by atoms with Crippen molar-refractivity contribution in [3.63, 3.8) is 0 Å². The molecule has 1 aromatic heterocycles. The van der Waals surface area contributed by atoms with Crippen LogP contribution < -0.4 is 11.1 Å². The van der Waals surface area contributed by atoms with Crippen molar-refractivity contribution in [1.29, 1.82) is 0 Å². The van der Waals surface area contributed by atoms with E-state index in [-0.39, 0.29) is 12.5 Å². The minimum Gasteiger partial charge on any atom is -0.370 e. The van der Waals surface area contributed by atoms with Crippen LogP contribution in [-0.4, -0.2) is 27.3 Å². The number of halogens is 3. The third kappa shape index (κ3) is 4.33. The normalized spacial score (nSPS) is 17.8. The molecule has 0 saturated carbocycles. The van der Waals surface area contributed by atoms with Crippen LogP contribution in [0.15, 0.2) is 29.3 Å². The number of rotatable bonds is 4. The summed E-state index contributed by atoms with van der Waals surface area (Å²) < 4.78 is 40.3. The Morgan fingerprint density at radius 3 is 2.96 bits per heavy atom. The Morgan fingerprint density at radius 1 is 1.38 bits per heavy atom. The van der Waals surface area contributed by atoms with Crippen molar-refractivity contribution in [3.05, 3.63) is 47.0 Å². The summed E-state index contributed by atoms with van der Waals surface area (Å²) >= 11 is 0. The first-order chi connectivity index (χ1) is 12.3. The summed E-state index contributed by atoms with van der Waals surface area (Å²) in [7, 11) is 0. The largest absolute Gasteiger partial charge is 0.416 e. The molecule has 0 amide bonds. The molecule has 1 aliphatic rings. The monoisotopic (exact) mass is 366 g/mol. The van der Waals surface area contributed by atoms with E-state index in [0.717, 1.165) is 43.2 Å². The Morgan fingerprint density at radius 2 is 2.19 bits per heavy atom. The first kappa shape index (κ1) is 18.2. The topological polar surface area (TPSA) is 81.1 Å². The minimum atomic E-state index is -4.36. The highest BCUT2D eigenvalue weighted by Gasteiger charge is 2.30. The van der Waals surface area contributed by atoms with Crippen LogP contribution in [-0.2, 0) is 25.7 Å². The van der Waals surface area contributed by atoms with Gasteiger partial charge in [0.1, 0.15) is 11.6 Å². The smallest absolute Gasteiger partial charge is 0.370 e. The number of aromatic nitrogens is 3. The molecule has 140 valence electrons. The molecule has 1 aromatic carbocycles. The number of fused-ring (bicyclic) bond motifs is 1. The van der Waals surface area contributed by atoms with Gasteiger partial charge in [0.25, 0.3) is 0 Å². The fraction of sp³-hybridized carbons (Fsp3) is 0.471. The summed E-state index contributed by atoms with van der Waals surface area (Å²) in [5.74, 6) is 2.51. The summed E-state index contributed by atoms with van der Waals surface area (Å²) in [6.45, 7) is 3.50. The van der Waals surface area contributed by atoms with E-state index in [1.54, 1.807) is 6.07 Å². The van der Waals surface area contributed by atoms with Gasteiger partial charge in [0.15, 0.2) is 5.96 Å². The second kappa shape index (κ2) is 7.35. The van der Waals surface area contributed by atoms with Crippen LogP contribution in [0.5, 0.6) is 0 Å². The van der Waals surface area contributed by atoms with Crippen LogP contribution in [0.4, 0.5) is 13.2 Å². The summed E-state index contributed by atoms with van der Waals surface area (Å²) in [5, 5.41) is 11.3. The van der Waals surface area contributed by atoms with Gasteiger partial charge in [-0.15, -0.1) is 10.2 Å². The number of guanidine groups is 1. The zero-order chi connectivity index (χ0) is 18.7. The van der Waals surface area contributed by atoms with E-state index in [1.807, 2.05) is 6.92 Å². The van der Waals surface area contributed by atoms with Crippen molar-refractivity contribution in [2.24, 2.45) is 16.6 Å². The van der Waals surface area contributed by atoms with Crippen molar-refractivity contribution in [2.75, 3.05) is 6.54 Å². The van der Waals surface area contributed by atoms with Gasteiger partial charge < -0.3 is 15.6 Å². The molecular weight excluding hydrogens is 345 g/mol. The van der Waals surface area contributed by atoms with Crippen molar-refractivity contribution < 1.29 is 13.2 Å². The standard InChI is InChI=1S/C17H21F3N6/c1-11-24-25-15-6-5-13(10-26(11)15)9-23-16(21)22-8-12-3-2-4-14(7-12)17(18,19)20/h2-4,7,13H,5-6,8-10H2,1H3,(H3,21,22,23). The Balaban J connectivity index is 1.53. The first-order valence-corrected chi connectivity index (χ1v) is 8.41. The molecule has 0 bridgehead atoms. The van der Waals surface area contributed by atoms with Crippen LogP contribution in [0, 0.1) is 12.8 Å². The number of aryl methyl sites for hydroxylation is 2. The Hall–Kier alpha value is -2.58. The van der Waals surface area contributed by atoms with Gasteiger partial charge in [-0.3, -0.25) is 0 Å². The quantitative estimate of drug-likeness (QED) is 0.643. The maximum absolute atomic E-state index is 12.7. The Labute approximate surface area is 149 Å². The minimum absolute atomic E-state index is 0.0993. The number of hydrogen-bond donors (Lipinski definition) is 2. The highest BCUT2D eigenvalue weighted by atomic mass is 19.4. The van der Waals surface area contributed by atoms with E-state index in [0.29, 0.717) is 18.0 Å². The Bertz CT molecular complexity index is 796. The van der Waals surface area contributed by atoms with E-state index >= 15 is 0 Å². The molecule has 2 heterocycles. The summed E-state index contributed by atoms with van der Waals surface area (Å²) in [6.07, 6.45) is -2.51. The average molecular weight is 366 g/mol. The highest BCUT2D eigenvalue weighted by Crippen LogP contribution is 2.29. The van der Waals surface area contributed by atoms with Crippen LogP contribution in [0.3, 0.4) is 0 Å². The Kier molecular flexibility index (Phi) is 5.15. The lowest BCUT2D eigenvalue weighted by atomic mass is 9.99. The first-order valence-electron chi connectivity index (χ1n) is 8.41. The third-order valence-electron chi connectivity index (χ3n) is 4.49. The fourth-order valence-electron chi connectivity index (χ4n) is 3.02. The summed E-state index contributed by atoms with van der Waals surface area (Å²) in [4.78, 5) is 4.14. The number of nitrogens with two attached hydrogens (primary N) is 1. The second-order valence-electron chi connectivity index (χ2n) is 6.46. The van der Waals surface area contributed by atoms with E-state index in [1.165, 1.54) is 6.07 Å². The molecule has 1 unspecified atom stereocenters.